The van der Waals surface area contributed by atoms with Crippen LogP contribution in [-0.2, 0) is 13.0 Å². The molecule has 0 bridgehead atoms. The van der Waals surface area contributed by atoms with Crippen LogP contribution >= 0.6 is 35.3 Å². The molecule has 1 aliphatic heterocycles. The standard InChI is InChI=1S/C18H24N4S.HI/c1-21(2)18(19)20-12-16(14-6-4-3-5-7-14)22-10-8-17-15(13-22)9-11-23-17;/h3-7,9,11,16H,8,10,12-13H2,1-2H3,(H2,19,20);1H. The van der Waals surface area contributed by atoms with Gasteiger partial charge in [-0.2, -0.15) is 0 Å². The summed E-state index contributed by atoms with van der Waals surface area (Å²) < 4.78 is 0. The van der Waals surface area contributed by atoms with Crippen LogP contribution in [0.15, 0.2) is 46.8 Å². The smallest absolute Gasteiger partial charge is 0.190 e. The zero-order valence-corrected chi connectivity index (χ0v) is 17.3. The first kappa shape index (κ1) is 19.2. The van der Waals surface area contributed by atoms with Crippen LogP contribution in [0.25, 0.3) is 0 Å². The minimum atomic E-state index is 0. The van der Waals surface area contributed by atoms with Crippen molar-refractivity contribution in [2.45, 2.75) is 19.0 Å². The highest BCUT2D eigenvalue weighted by Gasteiger charge is 2.25. The largest absolute Gasteiger partial charge is 0.370 e. The summed E-state index contributed by atoms with van der Waals surface area (Å²) in [6.45, 7) is 2.76. The average molecular weight is 456 g/mol. The molecule has 2 aromatic rings. The Labute approximate surface area is 165 Å². The molecule has 6 heteroatoms. The van der Waals surface area contributed by atoms with Crippen LogP contribution in [0.2, 0.25) is 0 Å². The average Bonchev–Trinajstić information content (AvgIpc) is 3.03. The van der Waals surface area contributed by atoms with Crippen LogP contribution in [0.4, 0.5) is 0 Å². The topological polar surface area (TPSA) is 44.9 Å². The van der Waals surface area contributed by atoms with Crippen LogP contribution < -0.4 is 5.73 Å². The van der Waals surface area contributed by atoms with Gasteiger partial charge in [-0.3, -0.25) is 9.89 Å². The highest BCUT2D eigenvalue weighted by molar-refractivity contribution is 14.0. The predicted octanol–water partition coefficient (Wildman–Crippen LogP) is 3.34. The minimum absolute atomic E-state index is 0. The van der Waals surface area contributed by atoms with E-state index >= 15 is 0 Å². The first-order valence-corrected chi connectivity index (χ1v) is 8.84. The summed E-state index contributed by atoms with van der Waals surface area (Å²) in [6.07, 6.45) is 1.13. The summed E-state index contributed by atoms with van der Waals surface area (Å²) in [4.78, 5) is 10.5. The number of aliphatic imine (C=N–C) groups is 1. The van der Waals surface area contributed by atoms with Gasteiger partial charge in [-0.1, -0.05) is 30.3 Å². The quantitative estimate of drug-likeness (QED) is 0.436. The van der Waals surface area contributed by atoms with Crippen molar-refractivity contribution in [1.29, 1.82) is 0 Å². The molecule has 0 spiro atoms. The second-order valence-electron chi connectivity index (χ2n) is 6.11. The molecule has 0 saturated heterocycles. The number of hydrogen-bond donors (Lipinski definition) is 1. The Morgan fingerprint density at radius 3 is 2.75 bits per heavy atom. The Morgan fingerprint density at radius 2 is 2.04 bits per heavy atom. The molecule has 1 aromatic heterocycles. The van der Waals surface area contributed by atoms with E-state index in [2.05, 4.69) is 51.7 Å². The number of nitrogens with zero attached hydrogens (tertiary/aromatic N) is 3. The summed E-state index contributed by atoms with van der Waals surface area (Å²) in [5.41, 5.74) is 8.76. The lowest BCUT2D eigenvalue weighted by Gasteiger charge is -2.34. The first-order chi connectivity index (χ1) is 11.1. The van der Waals surface area contributed by atoms with Gasteiger partial charge < -0.3 is 10.6 Å². The monoisotopic (exact) mass is 456 g/mol. The predicted molar refractivity (Wildman–Crippen MR) is 113 cm³/mol. The second-order valence-corrected chi connectivity index (χ2v) is 7.11. The van der Waals surface area contributed by atoms with Gasteiger partial charge in [0, 0.05) is 32.1 Å². The van der Waals surface area contributed by atoms with Crippen molar-refractivity contribution in [3.05, 3.63) is 57.8 Å². The lowest BCUT2D eigenvalue weighted by Crippen LogP contribution is -2.36. The van der Waals surface area contributed by atoms with Crippen molar-refractivity contribution in [3.63, 3.8) is 0 Å². The molecule has 1 atom stereocenters. The van der Waals surface area contributed by atoms with Gasteiger partial charge >= 0.3 is 0 Å². The lowest BCUT2D eigenvalue weighted by atomic mass is 10.0. The molecule has 4 nitrogen and oxygen atoms in total. The van der Waals surface area contributed by atoms with Gasteiger partial charge in [-0.15, -0.1) is 35.3 Å². The molecule has 0 amide bonds. The number of benzene rings is 1. The van der Waals surface area contributed by atoms with E-state index in [4.69, 9.17) is 5.73 Å². The Kier molecular flexibility index (Phi) is 7.06. The van der Waals surface area contributed by atoms with Crippen LogP contribution in [0.3, 0.4) is 0 Å². The SMILES string of the molecule is CN(C)C(N)=NCC(c1ccccc1)N1CCc2sccc2C1.I. The van der Waals surface area contributed by atoms with E-state index in [1.807, 2.05) is 30.3 Å². The number of halogens is 1. The van der Waals surface area contributed by atoms with E-state index in [0.29, 0.717) is 12.5 Å². The number of thiophene rings is 1. The number of fused-ring (bicyclic) bond motifs is 1. The van der Waals surface area contributed by atoms with Gasteiger partial charge in [0.2, 0.25) is 0 Å². The van der Waals surface area contributed by atoms with E-state index in [0.717, 1.165) is 19.5 Å². The molecule has 0 aliphatic carbocycles. The number of guanidine groups is 1. The van der Waals surface area contributed by atoms with Crippen LogP contribution in [0, 0.1) is 0 Å². The minimum Gasteiger partial charge on any atom is -0.370 e. The third-order valence-corrected chi connectivity index (χ3v) is 5.37. The number of rotatable bonds is 4. The lowest BCUT2D eigenvalue weighted by molar-refractivity contribution is 0.185. The molecule has 1 aliphatic rings. The summed E-state index contributed by atoms with van der Waals surface area (Å²) in [7, 11) is 3.85. The van der Waals surface area contributed by atoms with Crippen LogP contribution in [0.1, 0.15) is 22.0 Å². The van der Waals surface area contributed by atoms with Crippen LogP contribution in [0.5, 0.6) is 0 Å². The zero-order chi connectivity index (χ0) is 16.2. The second kappa shape index (κ2) is 8.82. The van der Waals surface area contributed by atoms with Gasteiger partial charge in [-0.05, 0) is 29.0 Å². The van der Waals surface area contributed by atoms with Crippen LogP contribution in [-0.4, -0.2) is 42.9 Å². The molecule has 0 saturated carbocycles. The fraction of sp³-hybridized carbons (Fsp3) is 0.389. The fourth-order valence-electron chi connectivity index (χ4n) is 2.96. The highest BCUT2D eigenvalue weighted by Crippen LogP contribution is 2.30. The Hall–Kier alpha value is -1.12. The number of nitrogens with two attached hydrogens (primary N) is 1. The zero-order valence-electron chi connectivity index (χ0n) is 14.2. The summed E-state index contributed by atoms with van der Waals surface area (Å²) in [5.74, 6) is 0.583. The first-order valence-electron chi connectivity index (χ1n) is 7.96. The third kappa shape index (κ3) is 4.49. The Balaban J connectivity index is 0.00000208. The molecule has 24 heavy (non-hydrogen) atoms. The Morgan fingerprint density at radius 1 is 1.29 bits per heavy atom. The van der Waals surface area contributed by atoms with Gasteiger partial charge in [0.15, 0.2) is 5.96 Å². The van der Waals surface area contributed by atoms with E-state index in [1.165, 1.54) is 16.0 Å². The maximum absolute atomic E-state index is 5.99. The van der Waals surface area contributed by atoms with Crippen molar-refractivity contribution in [3.8, 4) is 0 Å². The summed E-state index contributed by atoms with van der Waals surface area (Å²) in [5, 5.41) is 2.20. The van der Waals surface area contributed by atoms with Gasteiger partial charge in [0.1, 0.15) is 0 Å². The molecule has 3 rings (SSSR count). The molecule has 0 radical (unpaired) electrons. The summed E-state index contributed by atoms with van der Waals surface area (Å²) in [6, 6.07) is 13.2. The van der Waals surface area contributed by atoms with E-state index in [-0.39, 0.29) is 30.0 Å². The molecule has 2 heterocycles. The fourth-order valence-corrected chi connectivity index (χ4v) is 3.85. The molecule has 130 valence electrons. The Bertz CT molecular complexity index is 669. The molecule has 1 aromatic carbocycles. The van der Waals surface area contributed by atoms with Gasteiger partial charge in [0.05, 0.1) is 12.6 Å². The van der Waals surface area contributed by atoms with E-state index in [9.17, 15) is 0 Å². The van der Waals surface area contributed by atoms with E-state index in [1.54, 1.807) is 0 Å². The van der Waals surface area contributed by atoms with Gasteiger partial charge in [0.25, 0.3) is 0 Å². The third-order valence-electron chi connectivity index (χ3n) is 4.35. The molecule has 2 N–H and O–H groups in total. The summed E-state index contributed by atoms with van der Waals surface area (Å²) >= 11 is 1.88. The van der Waals surface area contributed by atoms with Crippen molar-refractivity contribution in [2.24, 2.45) is 10.7 Å². The van der Waals surface area contributed by atoms with Crippen molar-refractivity contribution in [1.82, 2.24) is 9.80 Å². The van der Waals surface area contributed by atoms with Gasteiger partial charge in [-0.25, -0.2) is 0 Å². The highest BCUT2D eigenvalue weighted by atomic mass is 127. The molecular weight excluding hydrogens is 431 g/mol. The molecular formula is C18H25IN4S. The maximum Gasteiger partial charge on any atom is 0.190 e. The maximum atomic E-state index is 5.99. The normalized spacial score (nSPS) is 16.2. The van der Waals surface area contributed by atoms with Crippen molar-refractivity contribution in [2.75, 3.05) is 27.2 Å². The molecule has 1 unspecified atom stereocenters. The van der Waals surface area contributed by atoms with Crippen molar-refractivity contribution >= 4 is 41.3 Å². The number of hydrogen-bond acceptors (Lipinski definition) is 3. The van der Waals surface area contributed by atoms with E-state index < -0.39 is 0 Å². The molecule has 0 fully saturated rings. The van der Waals surface area contributed by atoms with Crippen molar-refractivity contribution < 1.29 is 0 Å².